The maximum atomic E-state index is 12.5. The average molecular weight is 449 g/mol. The van der Waals surface area contributed by atoms with Crippen molar-refractivity contribution in [2.75, 3.05) is 39.7 Å². The summed E-state index contributed by atoms with van der Waals surface area (Å²) in [5, 5.41) is 3.40. The quantitative estimate of drug-likeness (QED) is 0.573. The number of rotatable bonds is 9. The van der Waals surface area contributed by atoms with Crippen LogP contribution in [0.2, 0.25) is 5.02 Å². The van der Waals surface area contributed by atoms with Crippen LogP contribution in [0.3, 0.4) is 0 Å². The van der Waals surface area contributed by atoms with Crippen molar-refractivity contribution in [3.05, 3.63) is 58.6 Å². The van der Waals surface area contributed by atoms with Crippen molar-refractivity contribution in [2.45, 2.75) is 30.3 Å². The molecule has 30 heavy (non-hydrogen) atoms. The van der Waals surface area contributed by atoms with E-state index >= 15 is 0 Å². The van der Waals surface area contributed by atoms with Gasteiger partial charge in [-0.25, -0.2) is 0 Å². The van der Waals surface area contributed by atoms with Gasteiger partial charge in [0.1, 0.15) is 12.4 Å². The van der Waals surface area contributed by atoms with Crippen LogP contribution in [-0.4, -0.2) is 56.5 Å². The average Bonchev–Trinajstić information content (AvgIpc) is 2.78. The Labute approximate surface area is 188 Å². The van der Waals surface area contributed by atoms with Crippen LogP contribution in [0.4, 0.5) is 0 Å². The van der Waals surface area contributed by atoms with Crippen LogP contribution in [-0.2, 0) is 11.3 Å². The van der Waals surface area contributed by atoms with Gasteiger partial charge in [0.05, 0.1) is 10.6 Å². The van der Waals surface area contributed by atoms with Crippen LogP contribution in [0.25, 0.3) is 0 Å². The van der Waals surface area contributed by atoms with Crippen molar-refractivity contribution >= 4 is 29.3 Å². The Hall–Kier alpha value is -1.73. The summed E-state index contributed by atoms with van der Waals surface area (Å²) in [5.74, 6) is 0.629. The third kappa shape index (κ3) is 6.64. The van der Waals surface area contributed by atoms with E-state index in [2.05, 4.69) is 17.3 Å². The standard InChI is InChI=1S/C23H29ClN2O3S/c1-26(18-8-11-28-12-9-18)10-13-29-19-5-3-4-17(14-19)16-25-23(27)21-15-20(30-2)6-7-22(21)24/h3-7,14-15,18H,8-13,16H2,1-2H3,(H,25,27). The zero-order valence-corrected chi connectivity index (χ0v) is 19.1. The second kappa shape index (κ2) is 11.6. The number of ether oxygens (including phenoxy) is 2. The van der Waals surface area contributed by atoms with Gasteiger partial charge in [0.15, 0.2) is 0 Å². The maximum Gasteiger partial charge on any atom is 0.253 e. The van der Waals surface area contributed by atoms with E-state index in [0.717, 1.165) is 48.8 Å². The Morgan fingerprint density at radius 2 is 2.07 bits per heavy atom. The first-order valence-corrected chi connectivity index (χ1v) is 11.8. The van der Waals surface area contributed by atoms with Crippen LogP contribution >= 0.6 is 23.4 Å². The van der Waals surface area contributed by atoms with Gasteiger partial charge in [0.25, 0.3) is 5.91 Å². The fourth-order valence-electron chi connectivity index (χ4n) is 3.44. The molecule has 0 spiro atoms. The van der Waals surface area contributed by atoms with E-state index in [9.17, 15) is 4.79 Å². The zero-order valence-electron chi connectivity index (χ0n) is 17.5. The van der Waals surface area contributed by atoms with E-state index in [1.54, 1.807) is 17.8 Å². The van der Waals surface area contributed by atoms with Gasteiger partial charge in [-0.1, -0.05) is 23.7 Å². The lowest BCUT2D eigenvalue weighted by Gasteiger charge is -2.31. The summed E-state index contributed by atoms with van der Waals surface area (Å²) in [6, 6.07) is 13.9. The number of carbonyl (C=O) groups is 1. The Morgan fingerprint density at radius 1 is 1.27 bits per heavy atom. The molecule has 2 aromatic rings. The van der Waals surface area contributed by atoms with E-state index in [-0.39, 0.29) is 5.91 Å². The predicted octanol–water partition coefficient (Wildman–Crippen LogP) is 4.48. The number of thioether (sulfide) groups is 1. The van der Waals surface area contributed by atoms with Gasteiger partial charge in [-0.2, -0.15) is 0 Å². The molecule has 5 nitrogen and oxygen atoms in total. The van der Waals surface area contributed by atoms with Crippen LogP contribution in [0, 0.1) is 0 Å². The molecule has 162 valence electrons. The van der Waals surface area contributed by atoms with Crippen LogP contribution in [0.1, 0.15) is 28.8 Å². The minimum Gasteiger partial charge on any atom is -0.492 e. The highest BCUT2D eigenvalue weighted by atomic mass is 35.5. The number of amides is 1. The molecular formula is C23H29ClN2O3S. The zero-order chi connectivity index (χ0) is 21.3. The summed E-state index contributed by atoms with van der Waals surface area (Å²) in [4.78, 5) is 15.9. The Bertz CT molecular complexity index is 843. The van der Waals surface area contributed by atoms with Crippen LogP contribution in [0.15, 0.2) is 47.4 Å². The molecule has 3 rings (SSSR count). The number of nitrogens with zero attached hydrogens (tertiary/aromatic N) is 1. The molecule has 2 aromatic carbocycles. The van der Waals surface area contributed by atoms with Gasteiger partial charge in [0, 0.05) is 37.2 Å². The van der Waals surface area contributed by atoms with E-state index in [0.29, 0.717) is 29.8 Å². The number of hydrogen-bond acceptors (Lipinski definition) is 5. The van der Waals surface area contributed by atoms with E-state index in [1.807, 2.05) is 42.7 Å². The lowest BCUT2D eigenvalue weighted by Crippen LogP contribution is -2.38. The molecule has 1 fully saturated rings. The van der Waals surface area contributed by atoms with E-state index < -0.39 is 0 Å². The smallest absolute Gasteiger partial charge is 0.253 e. The number of benzene rings is 2. The third-order valence-corrected chi connectivity index (χ3v) is 6.35. The summed E-state index contributed by atoms with van der Waals surface area (Å²) in [7, 11) is 2.14. The first kappa shape index (κ1) is 22.9. The minimum absolute atomic E-state index is 0.180. The summed E-state index contributed by atoms with van der Waals surface area (Å²) in [5.41, 5.74) is 1.47. The van der Waals surface area contributed by atoms with Crippen LogP contribution in [0.5, 0.6) is 5.75 Å². The minimum atomic E-state index is -0.180. The normalized spacial score (nSPS) is 14.7. The Balaban J connectivity index is 1.48. The fourth-order valence-corrected chi connectivity index (χ4v) is 4.09. The summed E-state index contributed by atoms with van der Waals surface area (Å²) >= 11 is 7.77. The van der Waals surface area contributed by atoms with Crippen molar-refractivity contribution in [3.8, 4) is 5.75 Å². The molecule has 0 aromatic heterocycles. The first-order chi connectivity index (χ1) is 14.6. The molecule has 0 atom stereocenters. The Kier molecular flexibility index (Phi) is 8.88. The molecule has 1 aliphatic heterocycles. The molecule has 1 N–H and O–H groups in total. The molecule has 1 saturated heterocycles. The summed E-state index contributed by atoms with van der Waals surface area (Å²) < 4.78 is 11.4. The molecule has 1 heterocycles. The van der Waals surface area contributed by atoms with Gasteiger partial charge in [-0.15, -0.1) is 11.8 Å². The molecular weight excluding hydrogens is 420 g/mol. The second-order valence-electron chi connectivity index (χ2n) is 7.35. The van der Waals surface area contributed by atoms with Crippen molar-refractivity contribution in [2.24, 2.45) is 0 Å². The predicted molar refractivity (Wildman–Crippen MR) is 123 cm³/mol. The SMILES string of the molecule is CSc1ccc(Cl)c(C(=O)NCc2cccc(OCCN(C)C3CCOCC3)c2)c1. The molecule has 0 saturated carbocycles. The van der Waals surface area contributed by atoms with Gasteiger partial charge >= 0.3 is 0 Å². The number of likely N-dealkylation sites (N-methyl/N-ethyl adjacent to an activating group) is 1. The summed E-state index contributed by atoms with van der Waals surface area (Å²) in [6.45, 7) is 3.60. The van der Waals surface area contributed by atoms with E-state index in [4.69, 9.17) is 21.1 Å². The third-order valence-electron chi connectivity index (χ3n) is 5.30. The topological polar surface area (TPSA) is 50.8 Å². The molecule has 0 aliphatic carbocycles. The van der Waals surface area contributed by atoms with Gasteiger partial charge in [-0.3, -0.25) is 9.69 Å². The summed E-state index contributed by atoms with van der Waals surface area (Å²) in [6.07, 6.45) is 4.13. The highest BCUT2D eigenvalue weighted by molar-refractivity contribution is 7.98. The monoisotopic (exact) mass is 448 g/mol. The van der Waals surface area contributed by atoms with Crippen molar-refractivity contribution in [3.63, 3.8) is 0 Å². The lowest BCUT2D eigenvalue weighted by molar-refractivity contribution is 0.0392. The molecule has 1 aliphatic rings. The van der Waals surface area contributed by atoms with Crippen LogP contribution < -0.4 is 10.1 Å². The largest absolute Gasteiger partial charge is 0.492 e. The number of halogens is 1. The fraction of sp³-hybridized carbons (Fsp3) is 0.435. The van der Waals surface area contributed by atoms with Crippen molar-refractivity contribution in [1.82, 2.24) is 10.2 Å². The molecule has 0 radical (unpaired) electrons. The highest BCUT2D eigenvalue weighted by Crippen LogP contribution is 2.23. The first-order valence-electron chi connectivity index (χ1n) is 10.2. The van der Waals surface area contributed by atoms with Gasteiger partial charge < -0.3 is 14.8 Å². The number of nitrogens with one attached hydrogen (secondary N) is 1. The Morgan fingerprint density at radius 3 is 2.83 bits per heavy atom. The van der Waals surface area contributed by atoms with Crippen molar-refractivity contribution in [1.29, 1.82) is 0 Å². The highest BCUT2D eigenvalue weighted by Gasteiger charge is 2.18. The van der Waals surface area contributed by atoms with Gasteiger partial charge in [-0.05, 0) is 62.0 Å². The van der Waals surface area contributed by atoms with Gasteiger partial charge in [0.2, 0.25) is 0 Å². The molecule has 1 amide bonds. The number of hydrogen-bond donors (Lipinski definition) is 1. The molecule has 7 heteroatoms. The second-order valence-corrected chi connectivity index (χ2v) is 8.64. The molecule has 0 unspecified atom stereocenters. The van der Waals surface area contributed by atoms with E-state index in [1.165, 1.54) is 0 Å². The van der Waals surface area contributed by atoms with Crippen molar-refractivity contribution < 1.29 is 14.3 Å². The molecule has 0 bridgehead atoms. The maximum absolute atomic E-state index is 12.5. The number of carbonyl (C=O) groups excluding carboxylic acids is 1. The lowest BCUT2D eigenvalue weighted by atomic mass is 10.1.